The summed E-state index contributed by atoms with van der Waals surface area (Å²) in [7, 11) is 1.62. The molecule has 0 amide bonds. The van der Waals surface area contributed by atoms with Crippen molar-refractivity contribution in [2.75, 3.05) is 7.11 Å². The van der Waals surface area contributed by atoms with Gasteiger partial charge in [0.2, 0.25) is 0 Å². The molecule has 0 aliphatic carbocycles. The van der Waals surface area contributed by atoms with E-state index in [0.717, 1.165) is 29.5 Å². The van der Waals surface area contributed by atoms with E-state index in [4.69, 9.17) is 9.15 Å². The standard InChI is InChI=1S/C19H19NO3/c1-4-6-17-20-18-16(22-3)10-9-15(19(18)23-17)14-8-5-7-13(11-14)12(2)21/h5,7-11H,4,6H2,1-3H3. The fraction of sp³-hybridized carbons (Fsp3) is 0.263. The molecule has 2 aromatic carbocycles. The van der Waals surface area contributed by atoms with Gasteiger partial charge in [0.1, 0.15) is 5.75 Å². The molecule has 0 aliphatic heterocycles. The molecule has 0 fully saturated rings. The zero-order valence-corrected chi connectivity index (χ0v) is 13.6. The van der Waals surface area contributed by atoms with Gasteiger partial charge in [0.25, 0.3) is 0 Å². The summed E-state index contributed by atoms with van der Waals surface area (Å²) in [4.78, 5) is 16.2. The number of oxazole rings is 1. The maximum atomic E-state index is 11.6. The topological polar surface area (TPSA) is 52.3 Å². The Bertz CT molecular complexity index is 864. The van der Waals surface area contributed by atoms with E-state index >= 15 is 0 Å². The first kappa shape index (κ1) is 15.3. The number of ketones is 1. The Morgan fingerprint density at radius 1 is 1.26 bits per heavy atom. The molecule has 0 radical (unpaired) electrons. The van der Waals surface area contributed by atoms with Gasteiger partial charge in [0, 0.05) is 17.5 Å². The number of Topliss-reactive ketones (excluding diaryl/α,β-unsaturated/α-hetero) is 1. The van der Waals surface area contributed by atoms with E-state index in [1.165, 1.54) is 0 Å². The third-order valence-corrected chi connectivity index (χ3v) is 3.81. The van der Waals surface area contributed by atoms with Gasteiger partial charge < -0.3 is 9.15 Å². The Kier molecular flexibility index (Phi) is 4.15. The lowest BCUT2D eigenvalue weighted by atomic mass is 10.0. The molecule has 1 aromatic heterocycles. The Labute approximate surface area is 135 Å². The number of fused-ring (bicyclic) bond motifs is 1. The molecule has 3 rings (SSSR count). The fourth-order valence-corrected chi connectivity index (χ4v) is 2.65. The van der Waals surface area contributed by atoms with Crippen molar-refractivity contribution in [1.29, 1.82) is 0 Å². The molecule has 0 bridgehead atoms. The minimum Gasteiger partial charge on any atom is -0.494 e. The number of nitrogens with zero attached hydrogens (tertiary/aromatic N) is 1. The Hall–Kier alpha value is -2.62. The minimum atomic E-state index is 0.0425. The van der Waals surface area contributed by atoms with Gasteiger partial charge in [-0.15, -0.1) is 0 Å². The summed E-state index contributed by atoms with van der Waals surface area (Å²) >= 11 is 0. The number of benzene rings is 2. The van der Waals surface area contributed by atoms with Gasteiger partial charge in [-0.1, -0.05) is 25.1 Å². The van der Waals surface area contributed by atoms with Crippen LogP contribution in [0, 0.1) is 0 Å². The van der Waals surface area contributed by atoms with E-state index in [2.05, 4.69) is 11.9 Å². The molecule has 0 unspecified atom stereocenters. The predicted octanol–water partition coefficient (Wildman–Crippen LogP) is 4.66. The first-order chi connectivity index (χ1) is 11.1. The second-order valence-electron chi connectivity index (χ2n) is 5.49. The highest BCUT2D eigenvalue weighted by Gasteiger charge is 2.16. The van der Waals surface area contributed by atoms with Crippen LogP contribution < -0.4 is 4.74 Å². The van der Waals surface area contributed by atoms with Crippen molar-refractivity contribution < 1.29 is 13.9 Å². The Morgan fingerprint density at radius 3 is 2.78 bits per heavy atom. The molecule has 118 valence electrons. The molecule has 4 heteroatoms. The van der Waals surface area contributed by atoms with E-state index in [-0.39, 0.29) is 5.78 Å². The van der Waals surface area contributed by atoms with Gasteiger partial charge in [0.05, 0.1) is 7.11 Å². The number of hydrogen-bond donors (Lipinski definition) is 0. The Morgan fingerprint density at radius 2 is 2.09 bits per heavy atom. The molecular formula is C19H19NO3. The molecule has 1 heterocycles. The van der Waals surface area contributed by atoms with Crippen LogP contribution in [-0.4, -0.2) is 17.9 Å². The molecule has 23 heavy (non-hydrogen) atoms. The maximum Gasteiger partial charge on any atom is 0.195 e. The van der Waals surface area contributed by atoms with E-state index in [1.54, 1.807) is 14.0 Å². The van der Waals surface area contributed by atoms with Crippen molar-refractivity contribution in [3.63, 3.8) is 0 Å². The average molecular weight is 309 g/mol. The van der Waals surface area contributed by atoms with E-state index < -0.39 is 0 Å². The first-order valence-electron chi connectivity index (χ1n) is 7.71. The average Bonchev–Trinajstić information content (AvgIpc) is 2.98. The van der Waals surface area contributed by atoms with E-state index in [0.29, 0.717) is 22.8 Å². The van der Waals surface area contributed by atoms with E-state index in [9.17, 15) is 4.79 Å². The van der Waals surface area contributed by atoms with Crippen molar-refractivity contribution in [3.05, 3.63) is 47.9 Å². The minimum absolute atomic E-state index is 0.0425. The van der Waals surface area contributed by atoms with Crippen molar-refractivity contribution in [1.82, 2.24) is 4.98 Å². The summed E-state index contributed by atoms with van der Waals surface area (Å²) in [6.07, 6.45) is 1.75. The van der Waals surface area contributed by atoms with Crippen molar-refractivity contribution in [3.8, 4) is 16.9 Å². The lowest BCUT2D eigenvalue weighted by Crippen LogP contribution is -1.92. The maximum absolute atomic E-state index is 11.6. The SMILES string of the molecule is CCCc1nc2c(OC)ccc(-c3cccc(C(C)=O)c3)c2o1. The summed E-state index contributed by atoms with van der Waals surface area (Å²) < 4.78 is 11.4. The van der Waals surface area contributed by atoms with Gasteiger partial charge in [-0.25, -0.2) is 4.98 Å². The van der Waals surface area contributed by atoms with Gasteiger partial charge in [-0.3, -0.25) is 4.79 Å². The van der Waals surface area contributed by atoms with Gasteiger partial charge >= 0.3 is 0 Å². The number of methoxy groups -OCH3 is 1. The number of carbonyl (C=O) groups is 1. The highest BCUT2D eigenvalue weighted by Crippen LogP contribution is 2.35. The van der Waals surface area contributed by atoms with Crippen molar-refractivity contribution >= 4 is 16.9 Å². The van der Waals surface area contributed by atoms with Crippen LogP contribution in [0.4, 0.5) is 0 Å². The van der Waals surface area contributed by atoms with E-state index in [1.807, 2.05) is 36.4 Å². The second-order valence-corrected chi connectivity index (χ2v) is 5.49. The lowest BCUT2D eigenvalue weighted by molar-refractivity contribution is 0.101. The fourth-order valence-electron chi connectivity index (χ4n) is 2.65. The highest BCUT2D eigenvalue weighted by atomic mass is 16.5. The smallest absolute Gasteiger partial charge is 0.195 e. The number of rotatable bonds is 5. The Balaban J connectivity index is 2.21. The van der Waals surface area contributed by atoms with Crippen LogP contribution in [0.2, 0.25) is 0 Å². The van der Waals surface area contributed by atoms with Crippen LogP contribution in [-0.2, 0) is 6.42 Å². The zero-order valence-electron chi connectivity index (χ0n) is 13.6. The third kappa shape index (κ3) is 2.84. The number of hydrogen-bond acceptors (Lipinski definition) is 4. The molecule has 3 aromatic rings. The monoisotopic (exact) mass is 309 g/mol. The van der Waals surface area contributed by atoms with Crippen LogP contribution in [0.1, 0.15) is 36.5 Å². The quantitative estimate of drug-likeness (QED) is 0.643. The zero-order chi connectivity index (χ0) is 16.4. The normalized spacial score (nSPS) is 10.9. The van der Waals surface area contributed by atoms with Gasteiger partial charge in [-0.2, -0.15) is 0 Å². The molecular weight excluding hydrogens is 290 g/mol. The third-order valence-electron chi connectivity index (χ3n) is 3.81. The van der Waals surface area contributed by atoms with Crippen molar-refractivity contribution in [2.24, 2.45) is 0 Å². The second kappa shape index (κ2) is 6.24. The largest absolute Gasteiger partial charge is 0.494 e. The lowest BCUT2D eigenvalue weighted by Gasteiger charge is -2.06. The van der Waals surface area contributed by atoms with Crippen LogP contribution >= 0.6 is 0 Å². The molecule has 0 aliphatic rings. The summed E-state index contributed by atoms with van der Waals surface area (Å²) in [6, 6.07) is 11.4. The molecule has 0 saturated carbocycles. The summed E-state index contributed by atoms with van der Waals surface area (Å²) in [5.41, 5.74) is 3.96. The van der Waals surface area contributed by atoms with Crippen molar-refractivity contribution in [2.45, 2.75) is 26.7 Å². The highest BCUT2D eigenvalue weighted by molar-refractivity contribution is 5.98. The molecule has 0 N–H and O–H groups in total. The number of aromatic nitrogens is 1. The predicted molar refractivity (Wildman–Crippen MR) is 90.0 cm³/mol. The van der Waals surface area contributed by atoms with Crippen LogP contribution in [0.5, 0.6) is 5.75 Å². The van der Waals surface area contributed by atoms with Crippen LogP contribution in [0.15, 0.2) is 40.8 Å². The molecule has 0 spiro atoms. The summed E-state index contributed by atoms with van der Waals surface area (Å²) in [6.45, 7) is 3.65. The molecule has 4 nitrogen and oxygen atoms in total. The first-order valence-corrected chi connectivity index (χ1v) is 7.71. The van der Waals surface area contributed by atoms with Crippen LogP contribution in [0.3, 0.4) is 0 Å². The number of carbonyl (C=O) groups excluding carboxylic acids is 1. The summed E-state index contributed by atoms with van der Waals surface area (Å²) in [5.74, 6) is 1.44. The summed E-state index contributed by atoms with van der Waals surface area (Å²) in [5, 5.41) is 0. The van der Waals surface area contributed by atoms with Crippen LogP contribution in [0.25, 0.3) is 22.2 Å². The molecule has 0 saturated heterocycles. The number of aryl methyl sites for hydroxylation is 1. The van der Waals surface area contributed by atoms with Gasteiger partial charge in [-0.05, 0) is 37.1 Å². The van der Waals surface area contributed by atoms with Gasteiger partial charge in [0.15, 0.2) is 22.8 Å². The molecule has 0 atom stereocenters. The number of ether oxygens (including phenoxy) is 1.